The topological polar surface area (TPSA) is 89.2 Å². The number of aliphatic imine (C=N–C) groups is 1. The molecular weight excluding hydrogens is 266 g/mol. The number of amidine groups is 1. The van der Waals surface area contributed by atoms with E-state index in [0.29, 0.717) is 17.2 Å². The molecule has 0 atom stereocenters. The molecule has 0 fully saturated rings. The minimum Gasteiger partial charge on any atom is -0.319 e. The first-order chi connectivity index (χ1) is 9.08. The first kappa shape index (κ1) is 11.8. The average molecular weight is 277 g/mol. The summed E-state index contributed by atoms with van der Waals surface area (Å²) >= 11 is 0. The van der Waals surface area contributed by atoms with Gasteiger partial charge in [0.2, 0.25) is 0 Å². The fraction of sp³-hybridized carbons (Fsp3) is 0.182. The molecule has 0 aliphatic carbocycles. The molecule has 7 nitrogen and oxygen atoms in total. The maximum absolute atomic E-state index is 11.9. The SMILES string of the molecule is Cn1cnnc1CN=C1NS(=O)(=O)c2ccccc21. The lowest BCUT2D eigenvalue weighted by molar-refractivity contribution is 0.595. The lowest BCUT2D eigenvalue weighted by Gasteiger charge is -1.99. The van der Waals surface area contributed by atoms with E-state index in [2.05, 4.69) is 19.9 Å². The van der Waals surface area contributed by atoms with Gasteiger partial charge in [0.25, 0.3) is 10.0 Å². The fourth-order valence-electron chi connectivity index (χ4n) is 1.85. The predicted octanol–water partition coefficient (Wildman–Crippen LogP) is 0.0538. The predicted molar refractivity (Wildman–Crippen MR) is 68.0 cm³/mol. The van der Waals surface area contributed by atoms with Crippen molar-refractivity contribution in [1.82, 2.24) is 19.5 Å². The number of benzene rings is 1. The van der Waals surface area contributed by atoms with Gasteiger partial charge < -0.3 is 4.57 Å². The van der Waals surface area contributed by atoms with E-state index in [9.17, 15) is 8.42 Å². The van der Waals surface area contributed by atoms with E-state index in [1.54, 1.807) is 35.2 Å². The van der Waals surface area contributed by atoms with Crippen LogP contribution in [0.2, 0.25) is 0 Å². The molecule has 0 amide bonds. The summed E-state index contributed by atoms with van der Waals surface area (Å²) < 4.78 is 27.9. The summed E-state index contributed by atoms with van der Waals surface area (Å²) in [6.07, 6.45) is 1.57. The van der Waals surface area contributed by atoms with Gasteiger partial charge in [-0.05, 0) is 12.1 Å². The van der Waals surface area contributed by atoms with Crippen molar-refractivity contribution in [3.63, 3.8) is 0 Å². The van der Waals surface area contributed by atoms with Gasteiger partial charge in [0.1, 0.15) is 18.7 Å². The van der Waals surface area contributed by atoms with E-state index in [0.717, 1.165) is 0 Å². The third-order valence-corrected chi connectivity index (χ3v) is 4.24. The van der Waals surface area contributed by atoms with Crippen LogP contribution in [0.4, 0.5) is 0 Å². The Labute approximate surface area is 110 Å². The summed E-state index contributed by atoms with van der Waals surface area (Å²) in [5.41, 5.74) is 0.588. The van der Waals surface area contributed by atoms with Crippen LogP contribution in [0.25, 0.3) is 0 Å². The molecular formula is C11H11N5O2S. The Kier molecular flexibility index (Phi) is 2.59. The highest BCUT2D eigenvalue weighted by Crippen LogP contribution is 2.22. The van der Waals surface area contributed by atoms with Gasteiger partial charge in [-0.15, -0.1) is 10.2 Å². The van der Waals surface area contributed by atoms with Crippen LogP contribution in [0.1, 0.15) is 11.4 Å². The molecule has 1 N–H and O–H groups in total. The standard InChI is InChI=1S/C11H11N5O2S/c1-16-7-13-14-10(16)6-12-11-8-4-2-3-5-9(8)19(17,18)15-11/h2-5,7H,6H2,1H3,(H,12,15). The summed E-state index contributed by atoms with van der Waals surface area (Å²) in [5, 5.41) is 7.64. The second-order valence-corrected chi connectivity index (χ2v) is 5.78. The van der Waals surface area contributed by atoms with Gasteiger partial charge in [-0.2, -0.15) is 0 Å². The number of sulfonamides is 1. The Morgan fingerprint density at radius 3 is 2.89 bits per heavy atom. The van der Waals surface area contributed by atoms with Crippen molar-refractivity contribution >= 4 is 15.9 Å². The Morgan fingerprint density at radius 1 is 1.37 bits per heavy atom. The molecule has 1 aromatic carbocycles. The van der Waals surface area contributed by atoms with E-state index in [-0.39, 0.29) is 11.4 Å². The molecule has 0 bridgehead atoms. The fourth-order valence-corrected chi connectivity index (χ4v) is 3.10. The highest BCUT2D eigenvalue weighted by atomic mass is 32.2. The van der Waals surface area contributed by atoms with Crippen LogP contribution >= 0.6 is 0 Å². The minimum absolute atomic E-state index is 0.256. The zero-order valence-electron chi connectivity index (χ0n) is 10.1. The Hall–Kier alpha value is -2.22. The largest absolute Gasteiger partial charge is 0.319 e. The summed E-state index contributed by atoms with van der Waals surface area (Å²) in [7, 11) is -1.67. The molecule has 2 heterocycles. The first-order valence-corrected chi connectivity index (χ1v) is 7.06. The van der Waals surface area contributed by atoms with Gasteiger partial charge in [-0.1, -0.05) is 12.1 Å². The first-order valence-electron chi connectivity index (χ1n) is 5.57. The molecule has 98 valence electrons. The van der Waals surface area contributed by atoms with E-state index in [4.69, 9.17) is 0 Å². The van der Waals surface area contributed by atoms with Crippen LogP contribution in [-0.4, -0.2) is 29.0 Å². The zero-order chi connectivity index (χ0) is 13.5. The average Bonchev–Trinajstić information content (AvgIpc) is 2.90. The normalized spacial score (nSPS) is 18.3. The van der Waals surface area contributed by atoms with Crippen molar-refractivity contribution < 1.29 is 8.42 Å². The van der Waals surface area contributed by atoms with E-state index in [1.807, 2.05) is 7.05 Å². The number of aryl methyl sites for hydroxylation is 1. The van der Waals surface area contributed by atoms with E-state index < -0.39 is 10.0 Å². The van der Waals surface area contributed by atoms with Crippen LogP contribution in [0.5, 0.6) is 0 Å². The molecule has 0 radical (unpaired) electrons. The molecule has 0 unspecified atom stereocenters. The third kappa shape index (κ3) is 1.99. The maximum Gasteiger partial charge on any atom is 0.263 e. The van der Waals surface area contributed by atoms with Crippen molar-refractivity contribution in [2.45, 2.75) is 11.4 Å². The van der Waals surface area contributed by atoms with E-state index >= 15 is 0 Å². The third-order valence-electron chi connectivity index (χ3n) is 2.85. The number of hydrogen-bond donors (Lipinski definition) is 1. The van der Waals surface area contributed by atoms with Gasteiger partial charge >= 0.3 is 0 Å². The number of rotatable bonds is 2. The van der Waals surface area contributed by atoms with Crippen molar-refractivity contribution in [3.05, 3.63) is 42.0 Å². The molecule has 1 aromatic heterocycles. The van der Waals surface area contributed by atoms with Crippen molar-refractivity contribution in [2.24, 2.45) is 12.0 Å². The van der Waals surface area contributed by atoms with Gasteiger partial charge in [0, 0.05) is 12.6 Å². The highest BCUT2D eigenvalue weighted by molar-refractivity contribution is 7.90. The summed E-state index contributed by atoms with van der Waals surface area (Å²) in [6.45, 7) is 0.267. The molecule has 8 heteroatoms. The minimum atomic E-state index is -3.48. The summed E-state index contributed by atoms with van der Waals surface area (Å²) in [4.78, 5) is 4.52. The molecule has 0 saturated heterocycles. The zero-order valence-corrected chi connectivity index (χ0v) is 10.9. The summed E-state index contributed by atoms with van der Waals surface area (Å²) in [6, 6.07) is 6.74. The number of hydrogen-bond acceptors (Lipinski definition) is 5. The molecule has 1 aliphatic heterocycles. The Morgan fingerprint density at radius 2 is 2.16 bits per heavy atom. The van der Waals surface area contributed by atoms with Crippen LogP contribution in [0.15, 0.2) is 40.5 Å². The second kappa shape index (κ2) is 4.16. The molecule has 0 saturated carbocycles. The number of nitrogens with one attached hydrogen (secondary N) is 1. The van der Waals surface area contributed by atoms with Gasteiger partial charge in [-0.3, -0.25) is 9.71 Å². The molecule has 1 aliphatic rings. The lowest BCUT2D eigenvalue weighted by Crippen LogP contribution is -2.22. The van der Waals surface area contributed by atoms with Crippen LogP contribution < -0.4 is 4.72 Å². The highest BCUT2D eigenvalue weighted by Gasteiger charge is 2.29. The summed E-state index contributed by atoms with van der Waals surface area (Å²) in [5.74, 6) is 1.01. The molecule has 0 spiro atoms. The molecule has 19 heavy (non-hydrogen) atoms. The maximum atomic E-state index is 11.9. The van der Waals surface area contributed by atoms with Gasteiger partial charge in [0.05, 0.1) is 4.90 Å². The number of fused-ring (bicyclic) bond motifs is 1. The molecule has 3 rings (SSSR count). The van der Waals surface area contributed by atoms with Crippen molar-refractivity contribution in [1.29, 1.82) is 0 Å². The van der Waals surface area contributed by atoms with Crippen molar-refractivity contribution in [3.8, 4) is 0 Å². The van der Waals surface area contributed by atoms with E-state index in [1.165, 1.54) is 0 Å². The van der Waals surface area contributed by atoms with Crippen molar-refractivity contribution in [2.75, 3.05) is 0 Å². The smallest absolute Gasteiger partial charge is 0.263 e. The van der Waals surface area contributed by atoms with Gasteiger partial charge in [0.15, 0.2) is 5.82 Å². The Bertz CT molecular complexity index is 763. The van der Waals surface area contributed by atoms with Crippen LogP contribution in [0, 0.1) is 0 Å². The number of nitrogens with zero attached hydrogens (tertiary/aromatic N) is 4. The second-order valence-electron chi connectivity index (χ2n) is 4.12. The lowest BCUT2D eigenvalue weighted by atomic mass is 10.2. The van der Waals surface area contributed by atoms with Crippen LogP contribution in [-0.2, 0) is 23.6 Å². The molecule has 2 aromatic rings. The van der Waals surface area contributed by atoms with Crippen LogP contribution in [0.3, 0.4) is 0 Å². The Balaban J connectivity index is 1.98. The van der Waals surface area contributed by atoms with Gasteiger partial charge in [-0.25, -0.2) is 8.42 Å². The number of aromatic nitrogens is 3. The quantitative estimate of drug-likeness (QED) is 0.840. The monoisotopic (exact) mass is 277 g/mol.